The number of nitrogens with zero attached hydrogens (tertiary/aromatic N) is 2. The largest absolute Gasteiger partial charge is 0.305 e. The summed E-state index contributed by atoms with van der Waals surface area (Å²) in [5.74, 6) is 0.304. The first-order valence-corrected chi connectivity index (χ1v) is 9.25. The third-order valence-electron chi connectivity index (χ3n) is 3.45. The number of sulfonamides is 1. The van der Waals surface area contributed by atoms with E-state index < -0.39 is 10.0 Å². The van der Waals surface area contributed by atoms with Crippen LogP contribution in [0.25, 0.3) is 0 Å². The summed E-state index contributed by atoms with van der Waals surface area (Å²) in [5.41, 5.74) is 0.806. The quantitative estimate of drug-likeness (QED) is 0.755. The highest BCUT2D eigenvalue weighted by Gasteiger charge is 2.28. The summed E-state index contributed by atoms with van der Waals surface area (Å²) < 4.78 is 27.7. The molecule has 0 amide bonds. The average molecular weight is 382 g/mol. The molecule has 0 bridgehead atoms. The van der Waals surface area contributed by atoms with Crippen molar-refractivity contribution >= 4 is 37.6 Å². The van der Waals surface area contributed by atoms with E-state index in [-0.39, 0.29) is 0 Å². The Morgan fingerprint density at radius 1 is 1.25 bits per heavy atom. The molecular formula is C13H18BrClN2O2S. The first-order valence-electron chi connectivity index (χ1n) is 6.48. The Labute approximate surface area is 133 Å². The molecule has 112 valence electrons. The Kier molecular flexibility index (Phi) is 5.48. The zero-order valence-corrected chi connectivity index (χ0v) is 14.5. The van der Waals surface area contributed by atoms with Gasteiger partial charge in [0.25, 0.3) is 0 Å². The Hall–Kier alpha value is -0.140. The summed E-state index contributed by atoms with van der Waals surface area (Å²) in [4.78, 5) is 2.46. The monoisotopic (exact) mass is 380 g/mol. The van der Waals surface area contributed by atoms with Crippen molar-refractivity contribution < 1.29 is 8.42 Å². The molecule has 0 spiro atoms. The van der Waals surface area contributed by atoms with Crippen LogP contribution in [0.15, 0.2) is 27.6 Å². The van der Waals surface area contributed by atoms with Gasteiger partial charge in [-0.3, -0.25) is 0 Å². The zero-order chi connectivity index (χ0) is 14.8. The Balaban J connectivity index is 2.34. The van der Waals surface area contributed by atoms with Crippen molar-refractivity contribution in [3.05, 3.63) is 28.2 Å². The lowest BCUT2D eigenvalue weighted by molar-refractivity contribution is 0.347. The molecule has 0 unspecified atom stereocenters. The van der Waals surface area contributed by atoms with Crippen LogP contribution in [0.4, 0.5) is 0 Å². The average Bonchev–Trinajstić information content (AvgIpc) is 2.64. The van der Waals surface area contributed by atoms with Crippen LogP contribution in [0.2, 0.25) is 0 Å². The van der Waals surface area contributed by atoms with Crippen molar-refractivity contribution in [2.24, 2.45) is 0 Å². The second-order valence-electron chi connectivity index (χ2n) is 4.96. The number of likely N-dealkylation sites (N-methyl/N-ethyl adjacent to an activating group) is 1. The third kappa shape index (κ3) is 3.54. The molecule has 20 heavy (non-hydrogen) atoms. The van der Waals surface area contributed by atoms with Crippen LogP contribution in [0.5, 0.6) is 0 Å². The maximum atomic E-state index is 12.8. The van der Waals surface area contributed by atoms with Crippen LogP contribution in [0, 0.1) is 0 Å². The molecular weight excluding hydrogens is 364 g/mol. The molecule has 1 aromatic rings. The highest BCUT2D eigenvalue weighted by atomic mass is 79.9. The molecule has 0 aliphatic carbocycles. The first-order chi connectivity index (χ1) is 9.45. The predicted octanol–water partition coefficient (Wildman–Crippen LogP) is 2.51. The number of hydrogen-bond donors (Lipinski definition) is 0. The molecule has 1 aromatic carbocycles. The van der Waals surface area contributed by atoms with E-state index in [1.165, 1.54) is 0 Å². The maximum absolute atomic E-state index is 12.8. The second kappa shape index (κ2) is 6.75. The number of benzene rings is 1. The molecule has 1 saturated heterocycles. The fourth-order valence-electron chi connectivity index (χ4n) is 2.23. The maximum Gasteiger partial charge on any atom is 0.244 e. The summed E-state index contributed by atoms with van der Waals surface area (Å²) >= 11 is 9.14. The molecule has 0 atom stereocenters. The van der Waals surface area contributed by atoms with E-state index in [0.717, 1.165) is 25.1 Å². The highest BCUT2D eigenvalue weighted by molar-refractivity contribution is 9.10. The van der Waals surface area contributed by atoms with E-state index >= 15 is 0 Å². The van der Waals surface area contributed by atoms with Crippen LogP contribution < -0.4 is 0 Å². The van der Waals surface area contributed by atoms with Crippen LogP contribution >= 0.6 is 27.5 Å². The van der Waals surface area contributed by atoms with Crippen molar-refractivity contribution in [2.45, 2.75) is 17.2 Å². The van der Waals surface area contributed by atoms with Crippen molar-refractivity contribution in [2.75, 3.05) is 33.2 Å². The summed E-state index contributed by atoms with van der Waals surface area (Å²) in [6.45, 7) is 2.77. The van der Waals surface area contributed by atoms with E-state index in [1.54, 1.807) is 16.4 Å². The highest BCUT2D eigenvalue weighted by Crippen LogP contribution is 2.27. The van der Waals surface area contributed by atoms with E-state index in [4.69, 9.17) is 11.6 Å². The lowest BCUT2D eigenvalue weighted by Gasteiger charge is -2.21. The van der Waals surface area contributed by atoms with Crippen molar-refractivity contribution in [3.63, 3.8) is 0 Å². The molecule has 4 nitrogen and oxygen atoms in total. The van der Waals surface area contributed by atoms with Gasteiger partial charge in [-0.1, -0.05) is 6.07 Å². The molecule has 0 aromatic heterocycles. The van der Waals surface area contributed by atoms with Gasteiger partial charge in [-0.25, -0.2) is 8.42 Å². The predicted molar refractivity (Wildman–Crippen MR) is 84.6 cm³/mol. The van der Waals surface area contributed by atoms with Gasteiger partial charge in [0.2, 0.25) is 10.0 Å². The van der Waals surface area contributed by atoms with Crippen LogP contribution in [0.3, 0.4) is 0 Å². The molecule has 2 rings (SSSR count). The number of rotatable bonds is 3. The topological polar surface area (TPSA) is 40.6 Å². The van der Waals surface area contributed by atoms with Gasteiger partial charge in [0.15, 0.2) is 0 Å². The van der Waals surface area contributed by atoms with Crippen LogP contribution in [0.1, 0.15) is 12.0 Å². The SMILES string of the molecule is CN1CCCN(S(=O)(=O)c2cc(CCl)ccc2Br)CC1. The molecule has 1 fully saturated rings. The van der Waals surface area contributed by atoms with E-state index in [1.807, 2.05) is 13.1 Å². The van der Waals surface area contributed by atoms with Crippen molar-refractivity contribution in [1.29, 1.82) is 0 Å². The molecule has 1 heterocycles. The first kappa shape index (κ1) is 16.2. The Morgan fingerprint density at radius 3 is 2.70 bits per heavy atom. The standard InChI is InChI=1S/C13H18BrClN2O2S/c1-16-5-2-6-17(8-7-16)20(18,19)13-9-11(10-15)3-4-12(13)14/h3-4,9H,2,5-8,10H2,1H3. The third-order valence-corrected chi connectivity index (χ3v) is 6.65. The minimum Gasteiger partial charge on any atom is -0.305 e. The van der Waals surface area contributed by atoms with Crippen LogP contribution in [-0.4, -0.2) is 50.8 Å². The van der Waals surface area contributed by atoms with Gasteiger partial charge in [-0.05, 0) is 53.6 Å². The fraction of sp³-hybridized carbons (Fsp3) is 0.538. The summed E-state index contributed by atoms with van der Waals surface area (Å²) in [6.07, 6.45) is 0.850. The molecule has 0 N–H and O–H groups in total. The van der Waals surface area contributed by atoms with Gasteiger partial charge < -0.3 is 4.90 Å². The number of halogens is 2. The summed E-state index contributed by atoms with van der Waals surface area (Å²) in [6, 6.07) is 5.22. The lowest BCUT2D eigenvalue weighted by Crippen LogP contribution is -2.34. The van der Waals surface area contributed by atoms with Gasteiger partial charge >= 0.3 is 0 Å². The summed E-state index contributed by atoms with van der Waals surface area (Å²) in [5, 5.41) is 0. The summed E-state index contributed by atoms with van der Waals surface area (Å²) in [7, 11) is -1.46. The van der Waals surface area contributed by atoms with E-state index in [0.29, 0.717) is 28.3 Å². The van der Waals surface area contributed by atoms with Gasteiger partial charge in [-0.2, -0.15) is 4.31 Å². The number of hydrogen-bond acceptors (Lipinski definition) is 3. The number of alkyl halides is 1. The molecule has 1 aliphatic rings. The minimum atomic E-state index is -3.47. The Morgan fingerprint density at radius 2 is 2.00 bits per heavy atom. The second-order valence-corrected chi connectivity index (χ2v) is 7.99. The molecule has 1 aliphatic heterocycles. The zero-order valence-electron chi connectivity index (χ0n) is 11.3. The van der Waals surface area contributed by atoms with Crippen molar-refractivity contribution in [1.82, 2.24) is 9.21 Å². The molecule has 0 saturated carbocycles. The van der Waals surface area contributed by atoms with Crippen LogP contribution in [-0.2, 0) is 15.9 Å². The van der Waals surface area contributed by atoms with Gasteiger partial charge in [0.05, 0.1) is 4.90 Å². The smallest absolute Gasteiger partial charge is 0.244 e. The van der Waals surface area contributed by atoms with Gasteiger partial charge in [0, 0.05) is 30.0 Å². The van der Waals surface area contributed by atoms with Gasteiger partial charge in [-0.15, -0.1) is 11.6 Å². The van der Waals surface area contributed by atoms with Crippen molar-refractivity contribution in [3.8, 4) is 0 Å². The van der Waals surface area contributed by atoms with Gasteiger partial charge in [0.1, 0.15) is 0 Å². The minimum absolute atomic E-state index is 0.304. The molecule has 0 radical (unpaired) electrons. The lowest BCUT2D eigenvalue weighted by atomic mass is 10.2. The normalized spacial score (nSPS) is 18.9. The van der Waals surface area contributed by atoms with E-state index in [2.05, 4.69) is 20.8 Å². The fourth-order valence-corrected chi connectivity index (χ4v) is 4.84. The Bertz CT molecular complexity index is 580. The molecule has 7 heteroatoms. The van der Waals surface area contributed by atoms with E-state index in [9.17, 15) is 8.42 Å².